The number of ketones is 2. The molecule has 4 rings (SSSR count). The van der Waals surface area contributed by atoms with Gasteiger partial charge in [0.15, 0.2) is 5.78 Å². The summed E-state index contributed by atoms with van der Waals surface area (Å²) in [7, 11) is 0. The Bertz CT molecular complexity index is 701. The van der Waals surface area contributed by atoms with Crippen molar-refractivity contribution in [3.05, 3.63) is 23.8 Å². The van der Waals surface area contributed by atoms with Gasteiger partial charge in [0.05, 0.1) is 0 Å². The van der Waals surface area contributed by atoms with Crippen LogP contribution >= 0.6 is 0 Å². The Hall–Kier alpha value is -1.18. The summed E-state index contributed by atoms with van der Waals surface area (Å²) in [4.78, 5) is 24.5. The van der Waals surface area contributed by atoms with E-state index in [2.05, 4.69) is 33.8 Å². The van der Waals surface area contributed by atoms with E-state index in [1.165, 1.54) is 24.8 Å². The summed E-state index contributed by atoms with van der Waals surface area (Å²) in [6, 6.07) is 0. The lowest BCUT2D eigenvalue weighted by atomic mass is 9.45. The molecule has 0 heterocycles. The van der Waals surface area contributed by atoms with Gasteiger partial charge in [0.2, 0.25) is 0 Å². The van der Waals surface area contributed by atoms with E-state index >= 15 is 0 Å². The van der Waals surface area contributed by atoms with E-state index in [1.54, 1.807) is 6.08 Å². The summed E-state index contributed by atoms with van der Waals surface area (Å²) >= 11 is 0. The minimum Gasteiger partial charge on any atom is -0.299 e. The normalized spacial score (nSPS) is 51.4. The fourth-order valence-electron chi connectivity index (χ4n) is 7.53. The summed E-state index contributed by atoms with van der Waals surface area (Å²) in [5.41, 5.74) is 1.35. The monoisotopic (exact) mass is 340 g/mol. The highest BCUT2D eigenvalue weighted by Gasteiger charge is 2.66. The van der Waals surface area contributed by atoms with Gasteiger partial charge >= 0.3 is 0 Å². The summed E-state index contributed by atoms with van der Waals surface area (Å²) in [6.07, 6.45) is 11.6. The van der Waals surface area contributed by atoms with E-state index in [1.807, 2.05) is 13.0 Å². The largest absolute Gasteiger partial charge is 0.299 e. The molecule has 0 aliphatic heterocycles. The van der Waals surface area contributed by atoms with Crippen LogP contribution in [0, 0.1) is 39.9 Å². The van der Waals surface area contributed by atoms with Crippen LogP contribution in [-0.4, -0.2) is 11.6 Å². The first kappa shape index (κ1) is 17.2. The van der Waals surface area contributed by atoms with Crippen LogP contribution in [0.25, 0.3) is 0 Å². The molecule has 2 nitrogen and oxygen atoms in total. The predicted octanol–water partition coefficient (Wildman–Crippen LogP) is 5.14. The molecule has 0 spiro atoms. The van der Waals surface area contributed by atoms with Crippen molar-refractivity contribution in [2.24, 2.45) is 39.9 Å². The minimum absolute atomic E-state index is 0.0522. The maximum Gasteiger partial charge on any atom is 0.178 e. The fraction of sp³-hybridized carbons (Fsp3) is 0.739. The van der Waals surface area contributed by atoms with Gasteiger partial charge in [0, 0.05) is 10.8 Å². The minimum atomic E-state index is -0.183. The first-order chi connectivity index (χ1) is 11.6. The molecule has 0 aromatic heterocycles. The van der Waals surface area contributed by atoms with Gasteiger partial charge in [-0.15, -0.1) is 0 Å². The molecule has 7 atom stereocenters. The van der Waals surface area contributed by atoms with E-state index in [9.17, 15) is 9.59 Å². The number of carbonyl (C=O) groups excluding carboxylic acids is 2. The number of hydrogen-bond acceptors (Lipinski definition) is 2. The number of fused-ring (bicyclic) bond motifs is 5. The van der Waals surface area contributed by atoms with Gasteiger partial charge in [-0.1, -0.05) is 39.3 Å². The van der Waals surface area contributed by atoms with Gasteiger partial charge in [0.1, 0.15) is 5.78 Å². The molecule has 4 aliphatic rings. The third-order valence-electron chi connectivity index (χ3n) is 9.46. The molecule has 3 fully saturated rings. The third kappa shape index (κ3) is 1.97. The quantitative estimate of drug-likeness (QED) is 0.662. The van der Waals surface area contributed by atoms with Crippen molar-refractivity contribution < 1.29 is 9.59 Å². The van der Waals surface area contributed by atoms with Crippen LogP contribution in [0.15, 0.2) is 23.8 Å². The molecular weight excluding hydrogens is 308 g/mol. The average Bonchev–Trinajstić information content (AvgIpc) is 2.77. The molecule has 2 heteroatoms. The molecular formula is C23H32O2. The molecule has 0 aromatic carbocycles. The zero-order valence-electron chi connectivity index (χ0n) is 16.4. The highest BCUT2D eigenvalue weighted by atomic mass is 16.1. The number of Topliss-reactive ketones (excluding diaryl/α,β-unsaturated/α-hetero) is 1. The van der Waals surface area contributed by atoms with E-state index in [-0.39, 0.29) is 22.0 Å². The molecule has 3 saturated carbocycles. The second kappa shape index (κ2) is 5.18. The smallest absolute Gasteiger partial charge is 0.178 e. The second-order valence-electron chi connectivity index (χ2n) is 9.95. The standard InChI is InChI=1S/C23H32O2/c1-14-12-20-18-7-6-16-13-17(25)8-10-21(16,3)19(18)9-11-22(20,4)23(14,5)15(2)24/h8,10,13-14,18-20H,6-7,9,11-12H2,1-5H3/t14-,18+,19-,20+,21+,22+,23-/m1/s1. The van der Waals surface area contributed by atoms with Crippen LogP contribution in [0.5, 0.6) is 0 Å². The van der Waals surface area contributed by atoms with Crippen LogP contribution in [-0.2, 0) is 9.59 Å². The fourth-order valence-corrected chi connectivity index (χ4v) is 7.53. The van der Waals surface area contributed by atoms with Gasteiger partial charge in [-0.05, 0) is 80.3 Å². The van der Waals surface area contributed by atoms with Crippen LogP contribution in [0.3, 0.4) is 0 Å². The average molecular weight is 341 g/mol. The Balaban J connectivity index is 1.74. The lowest BCUT2D eigenvalue weighted by molar-refractivity contribution is -0.140. The van der Waals surface area contributed by atoms with Crippen molar-refractivity contribution in [2.75, 3.05) is 0 Å². The predicted molar refractivity (Wildman–Crippen MR) is 100.0 cm³/mol. The lowest BCUT2D eigenvalue weighted by Gasteiger charge is -2.58. The van der Waals surface area contributed by atoms with Gasteiger partial charge in [0.25, 0.3) is 0 Å². The van der Waals surface area contributed by atoms with E-state index in [0.717, 1.165) is 12.8 Å². The third-order valence-corrected chi connectivity index (χ3v) is 9.46. The van der Waals surface area contributed by atoms with Crippen molar-refractivity contribution in [2.45, 2.75) is 66.7 Å². The van der Waals surface area contributed by atoms with Gasteiger partial charge in [-0.3, -0.25) is 9.59 Å². The Morgan fingerprint density at radius 3 is 2.56 bits per heavy atom. The van der Waals surface area contributed by atoms with Crippen molar-refractivity contribution in [1.29, 1.82) is 0 Å². The summed E-state index contributed by atoms with van der Waals surface area (Å²) < 4.78 is 0. The zero-order chi connectivity index (χ0) is 18.2. The van der Waals surface area contributed by atoms with Gasteiger partial charge in [-0.2, -0.15) is 0 Å². The number of hydrogen-bond donors (Lipinski definition) is 0. The Morgan fingerprint density at radius 2 is 1.88 bits per heavy atom. The summed E-state index contributed by atoms with van der Waals surface area (Å²) in [6.45, 7) is 11.1. The zero-order valence-corrected chi connectivity index (χ0v) is 16.4. The maximum atomic E-state index is 12.7. The van der Waals surface area contributed by atoms with Crippen LogP contribution in [0.4, 0.5) is 0 Å². The molecule has 0 N–H and O–H groups in total. The highest BCUT2D eigenvalue weighted by Crippen LogP contribution is 2.70. The molecule has 0 radical (unpaired) electrons. The van der Waals surface area contributed by atoms with Crippen molar-refractivity contribution >= 4 is 11.6 Å². The van der Waals surface area contributed by atoms with Crippen LogP contribution in [0.1, 0.15) is 66.7 Å². The Morgan fingerprint density at radius 1 is 1.16 bits per heavy atom. The van der Waals surface area contributed by atoms with Crippen molar-refractivity contribution in [3.63, 3.8) is 0 Å². The van der Waals surface area contributed by atoms with Crippen LogP contribution in [0.2, 0.25) is 0 Å². The number of allylic oxidation sites excluding steroid dienone is 4. The molecule has 0 aromatic rings. The van der Waals surface area contributed by atoms with Crippen molar-refractivity contribution in [3.8, 4) is 0 Å². The van der Waals surface area contributed by atoms with Crippen LogP contribution < -0.4 is 0 Å². The molecule has 0 bridgehead atoms. The van der Waals surface area contributed by atoms with E-state index in [0.29, 0.717) is 29.5 Å². The topological polar surface area (TPSA) is 34.1 Å². The van der Waals surface area contributed by atoms with Gasteiger partial charge < -0.3 is 0 Å². The molecule has 25 heavy (non-hydrogen) atoms. The second-order valence-corrected chi connectivity index (χ2v) is 9.95. The summed E-state index contributed by atoms with van der Waals surface area (Å²) in [5, 5.41) is 0. The molecule has 0 amide bonds. The van der Waals surface area contributed by atoms with Crippen molar-refractivity contribution in [1.82, 2.24) is 0 Å². The maximum absolute atomic E-state index is 12.7. The Kier molecular flexibility index (Phi) is 3.57. The Labute approximate surface area is 152 Å². The lowest BCUT2D eigenvalue weighted by Crippen LogP contribution is -2.53. The first-order valence-corrected chi connectivity index (χ1v) is 10.1. The molecule has 0 saturated heterocycles. The number of carbonyl (C=O) groups is 2. The van der Waals surface area contributed by atoms with Gasteiger partial charge in [-0.25, -0.2) is 0 Å². The first-order valence-electron chi connectivity index (χ1n) is 10.1. The van der Waals surface area contributed by atoms with E-state index < -0.39 is 0 Å². The summed E-state index contributed by atoms with van der Waals surface area (Å²) in [5.74, 6) is 2.95. The SMILES string of the molecule is CC(=O)[C@@]1(C)[C@H](C)C[C@H]2[C@H]3CCC4=CC(=O)C=C[C@]4(C)[C@@H]3CC[C@@]21C. The molecule has 4 aliphatic carbocycles. The molecule has 0 unspecified atom stereocenters. The highest BCUT2D eigenvalue weighted by molar-refractivity contribution is 6.01. The van der Waals surface area contributed by atoms with E-state index in [4.69, 9.17) is 0 Å². The molecule has 136 valence electrons. The number of rotatable bonds is 1.